The summed E-state index contributed by atoms with van der Waals surface area (Å²) in [6.07, 6.45) is -4.61. The monoisotopic (exact) mass is 385 g/mol. The van der Waals surface area contributed by atoms with Gasteiger partial charge in [0.2, 0.25) is 5.91 Å². The normalized spacial score (nSPS) is 11.5. The molecule has 0 aliphatic carbocycles. The number of ether oxygens (including phenoxy) is 1. The Kier molecular flexibility index (Phi) is 6.47. The lowest BCUT2D eigenvalue weighted by molar-refractivity contribution is -0.141. The van der Waals surface area contributed by atoms with Crippen LogP contribution in [0.1, 0.15) is 19.5 Å². The van der Waals surface area contributed by atoms with Crippen molar-refractivity contribution in [1.82, 2.24) is 15.3 Å². The number of amides is 1. The molecule has 0 fully saturated rings. The number of rotatable bonds is 6. The van der Waals surface area contributed by atoms with Gasteiger partial charge < -0.3 is 10.1 Å². The van der Waals surface area contributed by atoms with Gasteiger partial charge in [0.1, 0.15) is 11.4 Å². The second-order valence-corrected chi connectivity index (χ2v) is 6.60. The summed E-state index contributed by atoms with van der Waals surface area (Å²) < 4.78 is 44.5. The first-order valence-corrected chi connectivity index (χ1v) is 8.70. The largest absolute Gasteiger partial charge is 0.497 e. The average molecular weight is 385 g/mol. The van der Waals surface area contributed by atoms with Crippen LogP contribution < -0.4 is 10.1 Å². The van der Waals surface area contributed by atoms with Crippen LogP contribution >= 0.6 is 11.8 Å². The van der Waals surface area contributed by atoms with Crippen molar-refractivity contribution in [2.75, 3.05) is 12.9 Å². The van der Waals surface area contributed by atoms with Gasteiger partial charge in [0.25, 0.3) is 0 Å². The zero-order valence-electron chi connectivity index (χ0n) is 14.4. The second kappa shape index (κ2) is 8.39. The highest BCUT2D eigenvalue weighted by atomic mass is 32.2. The van der Waals surface area contributed by atoms with E-state index in [0.29, 0.717) is 11.3 Å². The third-order valence-electron chi connectivity index (χ3n) is 3.16. The number of hydrogen-bond acceptors (Lipinski definition) is 5. The van der Waals surface area contributed by atoms with Gasteiger partial charge in [0.15, 0.2) is 5.16 Å². The Bertz CT molecular complexity index is 765. The Labute approximate surface area is 153 Å². The zero-order chi connectivity index (χ0) is 19.3. The van der Waals surface area contributed by atoms with Crippen LogP contribution in [-0.2, 0) is 11.0 Å². The number of alkyl halides is 3. The van der Waals surface area contributed by atoms with Crippen LogP contribution in [0.15, 0.2) is 35.5 Å². The van der Waals surface area contributed by atoms with Crippen LogP contribution in [0, 0.1) is 0 Å². The van der Waals surface area contributed by atoms with Crippen molar-refractivity contribution < 1.29 is 22.7 Å². The predicted molar refractivity (Wildman–Crippen MR) is 93.0 cm³/mol. The first-order valence-electron chi connectivity index (χ1n) is 7.72. The molecule has 1 heterocycles. The Morgan fingerprint density at radius 1 is 1.23 bits per heavy atom. The molecule has 0 saturated carbocycles. The van der Waals surface area contributed by atoms with Gasteiger partial charge in [-0.05, 0) is 44.2 Å². The molecule has 1 aromatic carbocycles. The molecular formula is C17H18F3N3O2S. The van der Waals surface area contributed by atoms with Crippen molar-refractivity contribution in [2.45, 2.75) is 31.2 Å². The van der Waals surface area contributed by atoms with E-state index in [1.165, 1.54) is 7.11 Å². The van der Waals surface area contributed by atoms with Crippen molar-refractivity contribution in [2.24, 2.45) is 0 Å². The van der Waals surface area contributed by atoms with Gasteiger partial charge in [-0.25, -0.2) is 9.97 Å². The summed E-state index contributed by atoms with van der Waals surface area (Å²) in [4.78, 5) is 19.4. The van der Waals surface area contributed by atoms with E-state index in [2.05, 4.69) is 15.3 Å². The van der Waals surface area contributed by atoms with Crippen molar-refractivity contribution in [3.63, 3.8) is 0 Å². The molecule has 1 amide bonds. The third-order valence-corrected chi connectivity index (χ3v) is 4.01. The van der Waals surface area contributed by atoms with Crippen LogP contribution in [0.5, 0.6) is 5.75 Å². The summed E-state index contributed by atoms with van der Waals surface area (Å²) in [5.74, 6) is 0.220. The summed E-state index contributed by atoms with van der Waals surface area (Å²) in [7, 11) is 1.50. The van der Waals surface area contributed by atoms with E-state index in [4.69, 9.17) is 4.74 Å². The van der Waals surface area contributed by atoms with E-state index >= 15 is 0 Å². The van der Waals surface area contributed by atoms with Crippen LogP contribution in [-0.4, -0.2) is 34.8 Å². The average Bonchev–Trinajstić information content (AvgIpc) is 2.58. The van der Waals surface area contributed by atoms with Crippen LogP contribution in [0.25, 0.3) is 11.3 Å². The van der Waals surface area contributed by atoms with Gasteiger partial charge in [0, 0.05) is 11.6 Å². The standard InChI is InChI=1S/C17H18F3N3O2S/c1-10(2)21-15(24)9-26-16-22-13(8-14(23-16)17(18,19)20)11-4-6-12(25-3)7-5-11/h4-8,10H,9H2,1-3H3,(H,21,24). The summed E-state index contributed by atoms with van der Waals surface area (Å²) in [6, 6.07) is 7.32. The maximum absolute atomic E-state index is 13.2. The lowest BCUT2D eigenvalue weighted by atomic mass is 10.1. The molecule has 2 aromatic rings. The van der Waals surface area contributed by atoms with Gasteiger partial charge in [-0.1, -0.05) is 11.8 Å². The van der Waals surface area contributed by atoms with Crippen molar-refractivity contribution in [3.05, 3.63) is 36.0 Å². The number of nitrogens with one attached hydrogen (secondary N) is 1. The minimum absolute atomic E-state index is 0.0552. The molecule has 0 spiro atoms. The minimum atomic E-state index is -4.61. The highest BCUT2D eigenvalue weighted by Crippen LogP contribution is 2.32. The lowest BCUT2D eigenvalue weighted by Crippen LogP contribution is -2.31. The fraction of sp³-hybridized carbons (Fsp3) is 0.353. The molecule has 5 nitrogen and oxygen atoms in total. The first-order chi connectivity index (χ1) is 12.2. The van der Waals surface area contributed by atoms with E-state index in [1.807, 2.05) is 0 Å². The van der Waals surface area contributed by atoms with Gasteiger partial charge in [-0.15, -0.1) is 0 Å². The number of methoxy groups -OCH3 is 1. The number of aromatic nitrogens is 2. The Balaban J connectivity index is 2.31. The Morgan fingerprint density at radius 2 is 1.88 bits per heavy atom. The third kappa shape index (κ3) is 5.62. The molecule has 0 unspecified atom stereocenters. The van der Waals surface area contributed by atoms with E-state index in [9.17, 15) is 18.0 Å². The van der Waals surface area contributed by atoms with Crippen molar-refractivity contribution in [3.8, 4) is 17.0 Å². The number of thioether (sulfide) groups is 1. The maximum Gasteiger partial charge on any atom is 0.433 e. The number of carbonyl (C=O) groups excluding carboxylic acids is 1. The molecule has 0 aliphatic heterocycles. The first kappa shape index (κ1) is 20.0. The minimum Gasteiger partial charge on any atom is -0.497 e. The van der Waals surface area contributed by atoms with E-state index in [-0.39, 0.29) is 28.6 Å². The highest BCUT2D eigenvalue weighted by molar-refractivity contribution is 7.99. The van der Waals surface area contributed by atoms with Gasteiger partial charge in [0.05, 0.1) is 18.6 Å². The SMILES string of the molecule is COc1ccc(-c2cc(C(F)(F)F)nc(SCC(=O)NC(C)C)n2)cc1. The van der Waals surface area contributed by atoms with Gasteiger partial charge >= 0.3 is 6.18 Å². The van der Waals surface area contributed by atoms with Crippen LogP contribution in [0.3, 0.4) is 0 Å². The van der Waals surface area contributed by atoms with Crippen molar-refractivity contribution in [1.29, 1.82) is 0 Å². The Morgan fingerprint density at radius 3 is 2.42 bits per heavy atom. The molecular weight excluding hydrogens is 367 g/mol. The fourth-order valence-electron chi connectivity index (χ4n) is 2.04. The molecule has 0 saturated heterocycles. The second-order valence-electron chi connectivity index (χ2n) is 5.66. The summed E-state index contributed by atoms with van der Waals surface area (Å²) in [5, 5.41) is 2.56. The quantitative estimate of drug-likeness (QED) is 0.606. The van der Waals surface area contributed by atoms with E-state index < -0.39 is 11.9 Å². The van der Waals surface area contributed by atoms with Gasteiger partial charge in [-0.3, -0.25) is 4.79 Å². The van der Waals surface area contributed by atoms with E-state index in [0.717, 1.165) is 17.8 Å². The molecule has 2 rings (SSSR count). The molecule has 1 aromatic heterocycles. The topological polar surface area (TPSA) is 64.1 Å². The molecule has 0 aliphatic rings. The Hall–Kier alpha value is -2.29. The predicted octanol–water partition coefficient (Wildman–Crippen LogP) is 3.79. The maximum atomic E-state index is 13.2. The molecule has 0 atom stereocenters. The number of benzene rings is 1. The molecule has 9 heteroatoms. The summed E-state index contributed by atoms with van der Waals surface area (Å²) in [6.45, 7) is 3.59. The highest BCUT2D eigenvalue weighted by Gasteiger charge is 2.34. The van der Waals surface area contributed by atoms with E-state index in [1.54, 1.807) is 38.1 Å². The molecule has 0 radical (unpaired) electrons. The lowest BCUT2D eigenvalue weighted by Gasteiger charge is -2.11. The number of nitrogens with zero attached hydrogens (tertiary/aromatic N) is 2. The molecule has 140 valence electrons. The van der Waals surface area contributed by atoms with Crippen LogP contribution in [0.2, 0.25) is 0 Å². The number of halogens is 3. The number of hydrogen-bond donors (Lipinski definition) is 1. The molecule has 0 bridgehead atoms. The van der Waals surface area contributed by atoms with Gasteiger partial charge in [-0.2, -0.15) is 13.2 Å². The smallest absolute Gasteiger partial charge is 0.433 e. The molecule has 26 heavy (non-hydrogen) atoms. The summed E-state index contributed by atoms with van der Waals surface area (Å²) >= 11 is 0.858. The number of carbonyl (C=O) groups is 1. The van der Waals surface area contributed by atoms with Crippen molar-refractivity contribution >= 4 is 17.7 Å². The molecule has 1 N–H and O–H groups in total. The summed E-state index contributed by atoms with van der Waals surface area (Å²) in [5.41, 5.74) is -0.431. The zero-order valence-corrected chi connectivity index (χ0v) is 15.2. The van der Waals surface area contributed by atoms with Crippen LogP contribution in [0.4, 0.5) is 13.2 Å². The fourth-order valence-corrected chi connectivity index (χ4v) is 2.71.